The molecule has 9 nitrogen and oxygen atoms in total. The second-order valence-corrected chi connectivity index (χ2v) is 6.37. The molecule has 0 bridgehead atoms. The summed E-state index contributed by atoms with van der Waals surface area (Å²) in [6.45, 7) is -0.218. The van der Waals surface area contributed by atoms with E-state index < -0.39 is 23.8 Å². The lowest BCUT2D eigenvalue weighted by atomic mass is 10.1. The maximum atomic E-state index is 12.6. The molecule has 0 spiro atoms. The van der Waals surface area contributed by atoms with Gasteiger partial charge < -0.3 is 18.3 Å². The highest BCUT2D eigenvalue weighted by Gasteiger charge is 2.36. The van der Waals surface area contributed by atoms with Crippen molar-refractivity contribution in [3.05, 3.63) is 82.7 Å². The van der Waals surface area contributed by atoms with Gasteiger partial charge in [0.05, 0.1) is 36.6 Å². The molecule has 152 valence electrons. The van der Waals surface area contributed by atoms with E-state index in [1.165, 1.54) is 43.7 Å². The number of ether oxygens (including phenoxy) is 2. The number of hydrogen-bond acceptors (Lipinski definition) is 8. The Morgan fingerprint density at radius 1 is 0.967 bits per heavy atom. The molecule has 0 aliphatic carbocycles. The first-order valence-corrected chi connectivity index (χ1v) is 8.84. The zero-order valence-corrected chi connectivity index (χ0v) is 15.7. The van der Waals surface area contributed by atoms with Crippen LogP contribution < -0.4 is 0 Å². The van der Waals surface area contributed by atoms with Crippen LogP contribution in [0, 0.1) is 0 Å². The molecule has 0 radical (unpaired) electrons. The zero-order valence-electron chi connectivity index (χ0n) is 15.7. The van der Waals surface area contributed by atoms with Crippen LogP contribution >= 0.6 is 0 Å². The summed E-state index contributed by atoms with van der Waals surface area (Å²) in [4.78, 5) is 49.9. The van der Waals surface area contributed by atoms with Gasteiger partial charge in [0, 0.05) is 0 Å². The maximum Gasteiger partial charge on any atom is 0.373 e. The van der Waals surface area contributed by atoms with Gasteiger partial charge in [-0.15, -0.1) is 0 Å². The molecular weight excluding hydrogens is 394 g/mol. The second kappa shape index (κ2) is 7.70. The molecule has 3 heterocycles. The lowest BCUT2D eigenvalue weighted by molar-refractivity contribution is 0.0438. The molecule has 0 saturated carbocycles. The van der Waals surface area contributed by atoms with Crippen LogP contribution in [0.15, 0.2) is 57.6 Å². The molecule has 0 unspecified atom stereocenters. The van der Waals surface area contributed by atoms with Crippen molar-refractivity contribution < 1.29 is 37.5 Å². The van der Waals surface area contributed by atoms with Crippen LogP contribution in [0.25, 0.3) is 0 Å². The summed E-state index contributed by atoms with van der Waals surface area (Å²) in [6, 6.07) is 10.4. The molecule has 0 N–H and O–H groups in total. The predicted octanol–water partition coefficient (Wildman–Crippen LogP) is 2.81. The van der Waals surface area contributed by atoms with Crippen LogP contribution in [0.3, 0.4) is 0 Å². The molecule has 0 atom stereocenters. The molecule has 1 aliphatic heterocycles. The van der Waals surface area contributed by atoms with Crippen LogP contribution in [0.2, 0.25) is 0 Å². The fraction of sp³-hybridized carbons (Fsp3) is 0.143. The topological polar surface area (TPSA) is 116 Å². The highest BCUT2D eigenvalue weighted by atomic mass is 16.6. The number of carbonyl (C=O) groups is 4. The van der Waals surface area contributed by atoms with Gasteiger partial charge in [-0.25, -0.2) is 9.59 Å². The predicted molar refractivity (Wildman–Crippen MR) is 98.5 cm³/mol. The Morgan fingerprint density at radius 3 is 2.50 bits per heavy atom. The summed E-state index contributed by atoms with van der Waals surface area (Å²) < 4.78 is 20.1. The fourth-order valence-corrected chi connectivity index (χ4v) is 3.01. The molecule has 1 aromatic carbocycles. The third-order valence-electron chi connectivity index (χ3n) is 4.49. The van der Waals surface area contributed by atoms with Crippen molar-refractivity contribution in [3.63, 3.8) is 0 Å². The van der Waals surface area contributed by atoms with Crippen LogP contribution in [-0.4, -0.2) is 35.8 Å². The number of esters is 2. The summed E-state index contributed by atoms with van der Waals surface area (Å²) in [5.74, 6) is -1.63. The average Bonchev–Trinajstić information content (AvgIpc) is 3.49. The fourth-order valence-electron chi connectivity index (χ4n) is 3.01. The van der Waals surface area contributed by atoms with E-state index in [-0.39, 0.29) is 41.4 Å². The summed E-state index contributed by atoms with van der Waals surface area (Å²) in [6.07, 6.45) is 1.45. The number of rotatable bonds is 6. The largest absolute Gasteiger partial charge is 0.467 e. The minimum Gasteiger partial charge on any atom is -0.467 e. The van der Waals surface area contributed by atoms with E-state index in [1.54, 1.807) is 12.1 Å². The number of amides is 2. The number of fused-ring (bicyclic) bond motifs is 1. The van der Waals surface area contributed by atoms with Gasteiger partial charge in [0.2, 0.25) is 5.76 Å². The molecule has 0 fully saturated rings. The van der Waals surface area contributed by atoms with E-state index >= 15 is 0 Å². The van der Waals surface area contributed by atoms with Gasteiger partial charge in [-0.05, 0) is 42.5 Å². The second-order valence-electron chi connectivity index (χ2n) is 6.37. The molecule has 0 saturated heterocycles. The summed E-state index contributed by atoms with van der Waals surface area (Å²) >= 11 is 0. The highest BCUT2D eigenvalue weighted by molar-refractivity contribution is 6.21. The Balaban J connectivity index is 1.45. The Hall–Kier alpha value is -4.14. The lowest BCUT2D eigenvalue weighted by Gasteiger charge is -2.11. The number of nitrogens with zero attached hydrogens (tertiary/aromatic N) is 1. The molecule has 2 amide bonds. The van der Waals surface area contributed by atoms with Crippen LogP contribution in [0.5, 0.6) is 0 Å². The van der Waals surface area contributed by atoms with Gasteiger partial charge >= 0.3 is 11.9 Å². The number of imide groups is 1. The van der Waals surface area contributed by atoms with Gasteiger partial charge in [0.25, 0.3) is 11.8 Å². The Labute approximate surface area is 169 Å². The third kappa shape index (κ3) is 3.48. The number of methoxy groups -OCH3 is 1. The quantitative estimate of drug-likeness (QED) is 0.451. The van der Waals surface area contributed by atoms with E-state index in [1.807, 2.05) is 0 Å². The van der Waals surface area contributed by atoms with E-state index in [0.717, 1.165) is 4.90 Å². The smallest absolute Gasteiger partial charge is 0.373 e. The van der Waals surface area contributed by atoms with Crippen molar-refractivity contribution in [3.8, 4) is 0 Å². The average molecular weight is 409 g/mol. The maximum absolute atomic E-state index is 12.6. The normalized spacial score (nSPS) is 12.8. The lowest BCUT2D eigenvalue weighted by Crippen LogP contribution is -2.28. The minimum atomic E-state index is -0.710. The van der Waals surface area contributed by atoms with Gasteiger partial charge in [-0.3, -0.25) is 14.5 Å². The van der Waals surface area contributed by atoms with Crippen LogP contribution in [-0.2, 0) is 22.6 Å². The molecular formula is C21H15NO8. The summed E-state index contributed by atoms with van der Waals surface area (Å²) in [7, 11) is 1.22. The number of hydrogen-bond donors (Lipinski definition) is 0. The standard InChI is InChI=1S/C21H15NO8/c1-27-21(26)17-7-5-14(30-17)11-29-20(25)12-4-6-15-16(9-12)19(24)22(18(15)23)10-13-3-2-8-28-13/h2-9H,10-11H2,1H3. The number of carbonyl (C=O) groups excluding carboxylic acids is 4. The Kier molecular flexibility index (Phi) is 4.93. The molecule has 9 heteroatoms. The van der Waals surface area contributed by atoms with E-state index in [0.29, 0.717) is 5.76 Å². The van der Waals surface area contributed by atoms with Crippen LogP contribution in [0.1, 0.15) is 53.1 Å². The summed E-state index contributed by atoms with van der Waals surface area (Å²) in [5.41, 5.74) is 0.429. The highest BCUT2D eigenvalue weighted by Crippen LogP contribution is 2.26. The first kappa shape index (κ1) is 19.2. The van der Waals surface area contributed by atoms with Crippen molar-refractivity contribution in [1.29, 1.82) is 0 Å². The third-order valence-corrected chi connectivity index (χ3v) is 4.49. The van der Waals surface area contributed by atoms with Crippen LogP contribution in [0.4, 0.5) is 0 Å². The van der Waals surface area contributed by atoms with Crippen molar-refractivity contribution in [2.45, 2.75) is 13.2 Å². The van der Waals surface area contributed by atoms with E-state index in [9.17, 15) is 19.2 Å². The zero-order chi connectivity index (χ0) is 21.3. The van der Waals surface area contributed by atoms with Crippen molar-refractivity contribution in [2.24, 2.45) is 0 Å². The van der Waals surface area contributed by atoms with Crippen molar-refractivity contribution >= 4 is 23.8 Å². The molecule has 30 heavy (non-hydrogen) atoms. The van der Waals surface area contributed by atoms with E-state index in [4.69, 9.17) is 13.6 Å². The van der Waals surface area contributed by atoms with Crippen molar-refractivity contribution in [1.82, 2.24) is 4.90 Å². The Morgan fingerprint density at radius 2 is 1.77 bits per heavy atom. The molecule has 2 aromatic heterocycles. The van der Waals surface area contributed by atoms with Gasteiger partial charge in [0.15, 0.2) is 0 Å². The first-order chi connectivity index (χ1) is 14.5. The molecule has 1 aliphatic rings. The monoisotopic (exact) mass is 409 g/mol. The first-order valence-electron chi connectivity index (χ1n) is 8.84. The number of furan rings is 2. The SMILES string of the molecule is COC(=O)c1ccc(COC(=O)c2ccc3c(c2)C(=O)N(Cc2ccco2)C3=O)o1. The molecule has 3 aromatic rings. The van der Waals surface area contributed by atoms with E-state index in [2.05, 4.69) is 4.74 Å². The molecule has 4 rings (SSSR count). The van der Waals surface area contributed by atoms with Gasteiger partial charge in [0.1, 0.15) is 18.1 Å². The van der Waals surface area contributed by atoms with Crippen molar-refractivity contribution in [2.75, 3.05) is 7.11 Å². The summed E-state index contributed by atoms with van der Waals surface area (Å²) in [5, 5.41) is 0. The minimum absolute atomic E-state index is 0.000147. The van der Waals surface area contributed by atoms with Gasteiger partial charge in [-0.1, -0.05) is 0 Å². The number of benzene rings is 1. The van der Waals surface area contributed by atoms with Gasteiger partial charge in [-0.2, -0.15) is 0 Å². The Bertz CT molecular complexity index is 1140.